The van der Waals surface area contributed by atoms with Gasteiger partial charge in [-0.1, -0.05) is 25.9 Å². The summed E-state index contributed by atoms with van der Waals surface area (Å²) in [5.74, 6) is 1.42. The molecule has 0 atom stereocenters. The Morgan fingerprint density at radius 2 is 2.28 bits per heavy atom. The van der Waals surface area contributed by atoms with Gasteiger partial charge in [0, 0.05) is 30.9 Å². The molecule has 0 aromatic carbocycles. The van der Waals surface area contributed by atoms with E-state index in [-0.39, 0.29) is 0 Å². The van der Waals surface area contributed by atoms with Crippen LogP contribution in [0.1, 0.15) is 38.2 Å². The Balaban J connectivity index is 2.02. The van der Waals surface area contributed by atoms with Crippen LogP contribution in [0.4, 0.5) is 0 Å². The molecule has 0 saturated carbocycles. The van der Waals surface area contributed by atoms with Gasteiger partial charge >= 0.3 is 0 Å². The summed E-state index contributed by atoms with van der Waals surface area (Å²) >= 11 is 0. The number of aryl methyl sites for hydroxylation is 1. The SMILES string of the molecule is CCc1nc(Cn2cccc2CNC(C)C)no1. The minimum atomic E-state index is 0.477. The second kappa shape index (κ2) is 5.82. The van der Waals surface area contributed by atoms with Gasteiger partial charge in [-0.2, -0.15) is 4.98 Å². The minimum Gasteiger partial charge on any atom is -0.342 e. The zero-order chi connectivity index (χ0) is 13.0. The molecule has 2 rings (SSSR count). The summed E-state index contributed by atoms with van der Waals surface area (Å²) in [6.07, 6.45) is 2.82. The average Bonchev–Trinajstić information content (AvgIpc) is 2.96. The summed E-state index contributed by atoms with van der Waals surface area (Å²) in [6.45, 7) is 7.79. The zero-order valence-corrected chi connectivity index (χ0v) is 11.2. The molecule has 0 aliphatic carbocycles. The van der Waals surface area contributed by atoms with Crippen molar-refractivity contribution in [1.29, 1.82) is 0 Å². The molecule has 0 aliphatic rings. The van der Waals surface area contributed by atoms with Crippen molar-refractivity contribution in [3.63, 3.8) is 0 Å². The predicted octanol–water partition coefficient (Wildman–Crippen LogP) is 1.98. The van der Waals surface area contributed by atoms with Crippen molar-refractivity contribution in [2.45, 2.75) is 46.3 Å². The van der Waals surface area contributed by atoms with E-state index in [1.54, 1.807) is 0 Å². The lowest BCUT2D eigenvalue weighted by molar-refractivity contribution is 0.375. The molecule has 0 fully saturated rings. The molecule has 0 saturated heterocycles. The molecule has 1 N–H and O–H groups in total. The van der Waals surface area contributed by atoms with Crippen molar-refractivity contribution < 1.29 is 4.52 Å². The minimum absolute atomic E-state index is 0.477. The molecule has 98 valence electrons. The first-order valence-corrected chi connectivity index (χ1v) is 6.38. The number of nitrogens with zero attached hydrogens (tertiary/aromatic N) is 3. The topological polar surface area (TPSA) is 55.9 Å². The van der Waals surface area contributed by atoms with Crippen LogP contribution in [0.3, 0.4) is 0 Å². The van der Waals surface area contributed by atoms with Gasteiger partial charge in [-0.05, 0) is 12.1 Å². The second-order valence-corrected chi connectivity index (χ2v) is 4.62. The molecule has 5 heteroatoms. The molecule has 0 amide bonds. The van der Waals surface area contributed by atoms with Crippen LogP contribution in [-0.2, 0) is 19.5 Å². The molecule has 0 aliphatic heterocycles. The Kier molecular flexibility index (Phi) is 4.15. The van der Waals surface area contributed by atoms with Gasteiger partial charge in [0.25, 0.3) is 0 Å². The van der Waals surface area contributed by atoms with E-state index in [1.165, 1.54) is 5.69 Å². The van der Waals surface area contributed by atoms with E-state index >= 15 is 0 Å². The summed E-state index contributed by atoms with van der Waals surface area (Å²) < 4.78 is 7.25. The normalized spacial score (nSPS) is 11.3. The van der Waals surface area contributed by atoms with Crippen molar-refractivity contribution in [2.75, 3.05) is 0 Å². The van der Waals surface area contributed by atoms with Crippen LogP contribution in [0, 0.1) is 0 Å². The Morgan fingerprint density at radius 3 is 2.94 bits per heavy atom. The summed E-state index contributed by atoms with van der Waals surface area (Å²) in [4.78, 5) is 4.32. The molecule has 2 aromatic rings. The summed E-state index contributed by atoms with van der Waals surface area (Å²) in [7, 11) is 0. The third-order valence-electron chi connectivity index (χ3n) is 2.74. The molecule has 0 radical (unpaired) electrons. The first-order valence-electron chi connectivity index (χ1n) is 6.38. The number of nitrogens with one attached hydrogen (secondary N) is 1. The lowest BCUT2D eigenvalue weighted by Crippen LogP contribution is -2.23. The largest absolute Gasteiger partial charge is 0.342 e. The second-order valence-electron chi connectivity index (χ2n) is 4.62. The average molecular weight is 248 g/mol. The Morgan fingerprint density at radius 1 is 1.44 bits per heavy atom. The number of hydrogen-bond acceptors (Lipinski definition) is 4. The molecule has 0 unspecified atom stereocenters. The Hall–Kier alpha value is -1.62. The molecule has 5 nitrogen and oxygen atoms in total. The van der Waals surface area contributed by atoms with Gasteiger partial charge in [0.2, 0.25) is 5.89 Å². The number of aromatic nitrogens is 3. The lowest BCUT2D eigenvalue weighted by Gasteiger charge is -2.10. The van der Waals surface area contributed by atoms with Crippen molar-refractivity contribution in [3.05, 3.63) is 35.7 Å². The maximum absolute atomic E-state index is 5.11. The smallest absolute Gasteiger partial charge is 0.226 e. The summed E-state index contributed by atoms with van der Waals surface area (Å²) in [6, 6.07) is 4.62. The van der Waals surface area contributed by atoms with Crippen molar-refractivity contribution in [2.24, 2.45) is 0 Å². The van der Waals surface area contributed by atoms with Gasteiger partial charge in [0.1, 0.15) is 0 Å². The third-order valence-corrected chi connectivity index (χ3v) is 2.74. The lowest BCUT2D eigenvalue weighted by atomic mass is 10.3. The van der Waals surface area contributed by atoms with Crippen LogP contribution in [0.5, 0.6) is 0 Å². The van der Waals surface area contributed by atoms with Gasteiger partial charge in [0.15, 0.2) is 5.82 Å². The molecule has 2 aromatic heterocycles. The fourth-order valence-corrected chi connectivity index (χ4v) is 1.72. The number of rotatable bonds is 6. The van der Waals surface area contributed by atoms with E-state index < -0.39 is 0 Å². The highest BCUT2D eigenvalue weighted by Gasteiger charge is 2.07. The van der Waals surface area contributed by atoms with Crippen molar-refractivity contribution in [1.82, 2.24) is 20.0 Å². The predicted molar refractivity (Wildman–Crippen MR) is 69.2 cm³/mol. The van der Waals surface area contributed by atoms with Gasteiger partial charge in [-0.3, -0.25) is 0 Å². The molecular formula is C13H20N4O. The Bertz CT molecular complexity index is 487. The standard InChI is InChI=1S/C13H20N4O/c1-4-13-15-12(16-18-13)9-17-7-5-6-11(17)8-14-10(2)3/h5-7,10,14H,4,8-9H2,1-3H3. The highest BCUT2D eigenvalue weighted by molar-refractivity contribution is 5.08. The fraction of sp³-hybridized carbons (Fsp3) is 0.538. The molecular weight excluding hydrogens is 228 g/mol. The van der Waals surface area contributed by atoms with E-state index in [2.05, 4.69) is 39.9 Å². The van der Waals surface area contributed by atoms with E-state index in [9.17, 15) is 0 Å². The summed E-state index contributed by atoms with van der Waals surface area (Å²) in [5.41, 5.74) is 1.23. The molecule has 2 heterocycles. The summed E-state index contributed by atoms with van der Waals surface area (Å²) in [5, 5.41) is 7.38. The monoisotopic (exact) mass is 248 g/mol. The van der Waals surface area contributed by atoms with Gasteiger partial charge in [0.05, 0.1) is 6.54 Å². The van der Waals surface area contributed by atoms with Crippen LogP contribution < -0.4 is 5.32 Å². The van der Waals surface area contributed by atoms with Crippen molar-refractivity contribution in [3.8, 4) is 0 Å². The van der Waals surface area contributed by atoms with Gasteiger partial charge in [-0.15, -0.1) is 0 Å². The van der Waals surface area contributed by atoms with Gasteiger partial charge < -0.3 is 14.4 Å². The Labute approximate surface area is 107 Å². The molecule has 18 heavy (non-hydrogen) atoms. The number of hydrogen-bond donors (Lipinski definition) is 1. The maximum Gasteiger partial charge on any atom is 0.226 e. The zero-order valence-electron chi connectivity index (χ0n) is 11.2. The quantitative estimate of drug-likeness (QED) is 0.849. The van der Waals surface area contributed by atoms with E-state index in [1.807, 2.05) is 19.2 Å². The van der Waals surface area contributed by atoms with Crippen LogP contribution in [-0.4, -0.2) is 20.7 Å². The third kappa shape index (κ3) is 3.20. The van der Waals surface area contributed by atoms with Crippen LogP contribution in [0.25, 0.3) is 0 Å². The maximum atomic E-state index is 5.11. The van der Waals surface area contributed by atoms with Crippen LogP contribution >= 0.6 is 0 Å². The molecule has 0 spiro atoms. The van der Waals surface area contributed by atoms with Crippen LogP contribution in [0.15, 0.2) is 22.9 Å². The van der Waals surface area contributed by atoms with Crippen LogP contribution in [0.2, 0.25) is 0 Å². The fourth-order valence-electron chi connectivity index (χ4n) is 1.72. The van der Waals surface area contributed by atoms with E-state index in [0.29, 0.717) is 18.5 Å². The van der Waals surface area contributed by atoms with E-state index in [4.69, 9.17) is 4.52 Å². The first kappa shape index (κ1) is 12.8. The highest BCUT2D eigenvalue weighted by Crippen LogP contribution is 2.06. The van der Waals surface area contributed by atoms with E-state index in [0.717, 1.165) is 18.8 Å². The highest BCUT2D eigenvalue weighted by atomic mass is 16.5. The molecule has 0 bridgehead atoms. The van der Waals surface area contributed by atoms with Crippen molar-refractivity contribution >= 4 is 0 Å². The first-order chi connectivity index (χ1) is 8.69. The van der Waals surface area contributed by atoms with Gasteiger partial charge in [-0.25, -0.2) is 0 Å².